The lowest BCUT2D eigenvalue weighted by Crippen LogP contribution is -2.25. The molecule has 3 heteroatoms. The molecule has 0 saturated carbocycles. The highest BCUT2D eigenvalue weighted by atomic mass is 31.1. The van der Waals surface area contributed by atoms with Gasteiger partial charge in [-0.25, -0.2) is 0 Å². The standard InChI is InChI=1S/C18H32NOP/c1-7-12-19-17(20)16(9-8-11-18(4,5)6)10-13-21-14-15(2)3/h8-10,13,15H,7,11-12,14H2,1-6H3,(H,19,20)/b9-8-,16-10+. The highest BCUT2D eigenvalue weighted by Crippen LogP contribution is 2.19. The molecule has 0 heterocycles. The highest BCUT2D eigenvalue weighted by Gasteiger charge is 2.08. The minimum atomic E-state index is 0.0259. The van der Waals surface area contributed by atoms with Gasteiger partial charge in [-0.3, -0.25) is 4.79 Å². The van der Waals surface area contributed by atoms with Crippen LogP contribution in [0.4, 0.5) is 0 Å². The number of carbonyl (C=O) groups excluding carboxylic acids is 1. The average molecular weight is 309 g/mol. The monoisotopic (exact) mass is 309 g/mol. The van der Waals surface area contributed by atoms with Crippen LogP contribution in [0.5, 0.6) is 0 Å². The Labute approximate surface area is 132 Å². The summed E-state index contributed by atoms with van der Waals surface area (Å²) in [6, 6.07) is 0. The van der Waals surface area contributed by atoms with Crippen LogP contribution in [0.1, 0.15) is 54.4 Å². The predicted octanol–water partition coefficient (Wildman–Crippen LogP) is 4.84. The Bertz CT molecular complexity index is 387. The Balaban J connectivity index is 4.79. The van der Waals surface area contributed by atoms with Crippen molar-refractivity contribution in [2.45, 2.75) is 54.4 Å². The molecule has 0 aliphatic carbocycles. The van der Waals surface area contributed by atoms with E-state index in [4.69, 9.17) is 0 Å². The zero-order valence-corrected chi connectivity index (χ0v) is 15.5. The number of hydrogen-bond acceptors (Lipinski definition) is 1. The van der Waals surface area contributed by atoms with E-state index in [-0.39, 0.29) is 11.3 Å². The number of hydrogen-bond donors (Lipinski definition) is 1. The maximum atomic E-state index is 12.1. The van der Waals surface area contributed by atoms with Crippen molar-refractivity contribution in [2.75, 3.05) is 12.7 Å². The molecular formula is C18H32NOP. The summed E-state index contributed by atoms with van der Waals surface area (Å²) in [7, 11) is 1.27. The number of carbonyl (C=O) groups is 1. The Morgan fingerprint density at radius 1 is 1.29 bits per heavy atom. The van der Waals surface area contributed by atoms with Crippen molar-refractivity contribution in [1.29, 1.82) is 0 Å². The molecular weight excluding hydrogens is 277 g/mol. The fourth-order valence-corrected chi connectivity index (χ4v) is 2.30. The molecule has 2 nitrogen and oxygen atoms in total. The van der Waals surface area contributed by atoms with Gasteiger partial charge in [0.2, 0.25) is 0 Å². The third-order valence-corrected chi connectivity index (χ3v) is 3.96. The van der Waals surface area contributed by atoms with Crippen molar-refractivity contribution in [1.82, 2.24) is 5.32 Å². The fraction of sp³-hybridized carbons (Fsp3) is 0.667. The van der Waals surface area contributed by atoms with Crippen molar-refractivity contribution < 1.29 is 4.79 Å². The minimum Gasteiger partial charge on any atom is -0.352 e. The second-order valence-corrected chi connectivity index (χ2v) is 7.98. The van der Waals surface area contributed by atoms with Crippen LogP contribution in [0.3, 0.4) is 0 Å². The van der Waals surface area contributed by atoms with E-state index in [0.29, 0.717) is 5.92 Å². The van der Waals surface area contributed by atoms with Gasteiger partial charge >= 0.3 is 0 Å². The van der Waals surface area contributed by atoms with Crippen LogP contribution in [0.25, 0.3) is 0 Å². The number of rotatable bonds is 8. The lowest BCUT2D eigenvalue weighted by molar-refractivity contribution is -0.117. The lowest BCUT2D eigenvalue weighted by atomic mass is 9.92. The lowest BCUT2D eigenvalue weighted by Gasteiger charge is -2.14. The summed E-state index contributed by atoms with van der Waals surface area (Å²) in [5.41, 5.74) is 1.00. The van der Waals surface area contributed by atoms with E-state index in [9.17, 15) is 4.79 Å². The Morgan fingerprint density at radius 3 is 2.48 bits per heavy atom. The number of amides is 1. The Morgan fingerprint density at radius 2 is 1.95 bits per heavy atom. The van der Waals surface area contributed by atoms with Gasteiger partial charge in [-0.2, -0.15) is 0 Å². The summed E-state index contributed by atoms with van der Waals surface area (Å²) in [6.45, 7) is 13.8. The molecule has 0 fully saturated rings. The molecule has 0 aromatic heterocycles. The van der Waals surface area contributed by atoms with Gasteiger partial charge in [0.25, 0.3) is 5.91 Å². The average Bonchev–Trinajstić information content (AvgIpc) is 2.37. The summed E-state index contributed by atoms with van der Waals surface area (Å²) in [6.07, 6.45) is 9.07. The third kappa shape index (κ3) is 12.6. The number of nitrogens with one attached hydrogen (secondary N) is 1. The van der Waals surface area contributed by atoms with Gasteiger partial charge < -0.3 is 5.32 Å². The first-order valence-corrected chi connectivity index (χ1v) is 9.06. The molecule has 0 saturated heterocycles. The van der Waals surface area contributed by atoms with Crippen LogP contribution >= 0.6 is 8.20 Å². The van der Waals surface area contributed by atoms with Crippen molar-refractivity contribution in [3.05, 3.63) is 23.8 Å². The van der Waals surface area contributed by atoms with Crippen molar-refractivity contribution in [3.8, 4) is 0 Å². The molecule has 0 spiro atoms. The van der Waals surface area contributed by atoms with Gasteiger partial charge in [0, 0.05) is 12.1 Å². The van der Waals surface area contributed by atoms with Gasteiger partial charge in [0.05, 0.1) is 0 Å². The summed E-state index contributed by atoms with van der Waals surface area (Å²) < 4.78 is 0. The van der Waals surface area contributed by atoms with E-state index < -0.39 is 0 Å². The Hall–Kier alpha value is -0.880. The normalized spacial score (nSPS) is 13.6. The second-order valence-electron chi connectivity index (χ2n) is 6.95. The third-order valence-electron chi connectivity index (χ3n) is 2.66. The molecule has 1 amide bonds. The summed E-state index contributed by atoms with van der Waals surface area (Å²) in [5, 5.41) is 2.95. The molecule has 120 valence electrons. The zero-order chi connectivity index (χ0) is 16.3. The van der Waals surface area contributed by atoms with Gasteiger partial charge in [-0.05, 0) is 42.2 Å². The van der Waals surface area contributed by atoms with Crippen LogP contribution in [-0.4, -0.2) is 24.4 Å². The van der Waals surface area contributed by atoms with Crippen LogP contribution in [0.2, 0.25) is 0 Å². The molecule has 0 aromatic carbocycles. The smallest absolute Gasteiger partial charge is 0.251 e. The van der Waals surface area contributed by atoms with Crippen molar-refractivity contribution >= 4 is 19.9 Å². The first-order valence-electron chi connectivity index (χ1n) is 7.91. The zero-order valence-electron chi connectivity index (χ0n) is 14.6. The Kier molecular flexibility index (Phi) is 10.3. The molecule has 0 bridgehead atoms. The summed E-state index contributed by atoms with van der Waals surface area (Å²) >= 11 is 0. The van der Waals surface area contributed by atoms with Crippen LogP contribution in [0.15, 0.2) is 23.8 Å². The molecule has 0 radical (unpaired) electrons. The molecule has 0 unspecified atom stereocenters. The van der Waals surface area contributed by atoms with E-state index in [2.05, 4.69) is 58.7 Å². The number of allylic oxidation sites excluding steroid dienone is 2. The fourth-order valence-electron chi connectivity index (χ4n) is 1.49. The van der Waals surface area contributed by atoms with Crippen LogP contribution < -0.4 is 5.32 Å². The van der Waals surface area contributed by atoms with E-state index in [0.717, 1.165) is 31.1 Å². The molecule has 0 aromatic rings. The van der Waals surface area contributed by atoms with Crippen LogP contribution in [0, 0.1) is 11.3 Å². The minimum absolute atomic E-state index is 0.0259. The predicted molar refractivity (Wildman–Crippen MR) is 97.3 cm³/mol. The van der Waals surface area contributed by atoms with E-state index in [1.54, 1.807) is 0 Å². The second kappa shape index (κ2) is 10.8. The molecule has 21 heavy (non-hydrogen) atoms. The van der Waals surface area contributed by atoms with E-state index in [1.807, 2.05) is 12.2 Å². The molecule has 0 aliphatic rings. The molecule has 1 N–H and O–H groups in total. The highest BCUT2D eigenvalue weighted by molar-refractivity contribution is 7.38. The first kappa shape index (κ1) is 20.1. The largest absolute Gasteiger partial charge is 0.352 e. The van der Waals surface area contributed by atoms with Gasteiger partial charge in [0.1, 0.15) is 0 Å². The maximum absolute atomic E-state index is 12.1. The molecule has 0 rings (SSSR count). The SMILES string of the molecule is CCCNC(=O)C(/C=C\CC(C)(C)C)=C/C=P/CC(C)C. The van der Waals surface area contributed by atoms with Gasteiger partial charge in [-0.1, -0.05) is 53.7 Å². The van der Waals surface area contributed by atoms with Gasteiger partial charge in [0.15, 0.2) is 0 Å². The quantitative estimate of drug-likeness (QED) is 0.388. The van der Waals surface area contributed by atoms with Gasteiger partial charge in [-0.15, -0.1) is 8.20 Å². The summed E-state index contributed by atoms with van der Waals surface area (Å²) in [4.78, 5) is 12.1. The molecule has 0 aliphatic heterocycles. The first-order chi connectivity index (χ1) is 9.76. The molecule has 0 atom stereocenters. The summed E-state index contributed by atoms with van der Waals surface area (Å²) in [5.74, 6) is 2.80. The van der Waals surface area contributed by atoms with E-state index in [1.165, 1.54) is 8.20 Å². The van der Waals surface area contributed by atoms with Crippen molar-refractivity contribution in [3.63, 3.8) is 0 Å². The maximum Gasteiger partial charge on any atom is 0.251 e. The topological polar surface area (TPSA) is 29.1 Å². The van der Waals surface area contributed by atoms with Crippen molar-refractivity contribution in [2.24, 2.45) is 11.3 Å². The van der Waals surface area contributed by atoms with Crippen LogP contribution in [-0.2, 0) is 4.79 Å². The van der Waals surface area contributed by atoms with E-state index >= 15 is 0 Å².